The number of aromatic nitrogens is 4. The van der Waals surface area contributed by atoms with Gasteiger partial charge in [-0.15, -0.1) is 11.3 Å². The highest BCUT2D eigenvalue weighted by Crippen LogP contribution is 2.44. The SMILES string of the molecule is Cc1nc(C)c(C(=O)N2[C@@H]3CC[C@H]2CC(c2nc(-c4ccncc4)no2)C3)s1. The molecule has 0 saturated carbocycles. The van der Waals surface area contributed by atoms with Gasteiger partial charge in [-0.25, -0.2) is 4.98 Å². The van der Waals surface area contributed by atoms with E-state index in [1.54, 1.807) is 12.4 Å². The molecule has 28 heavy (non-hydrogen) atoms. The van der Waals surface area contributed by atoms with Gasteiger partial charge in [0, 0.05) is 36.0 Å². The van der Waals surface area contributed by atoms with Gasteiger partial charge in [0.15, 0.2) is 0 Å². The van der Waals surface area contributed by atoms with E-state index in [1.807, 2.05) is 26.0 Å². The van der Waals surface area contributed by atoms with Gasteiger partial charge < -0.3 is 9.42 Å². The summed E-state index contributed by atoms with van der Waals surface area (Å²) in [5.74, 6) is 1.62. The second-order valence-electron chi connectivity index (χ2n) is 7.61. The van der Waals surface area contributed by atoms with Crippen molar-refractivity contribution in [1.82, 2.24) is 25.0 Å². The van der Waals surface area contributed by atoms with Crippen molar-refractivity contribution in [3.8, 4) is 11.4 Å². The van der Waals surface area contributed by atoms with Gasteiger partial charge in [0.2, 0.25) is 11.7 Å². The van der Waals surface area contributed by atoms with Crippen LogP contribution in [0.3, 0.4) is 0 Å². The number of piperidine rings is 1. The van der Waals surface area contributed by atoms with Gasteiger partial charge in [-0.2, -0.15) is 4.98 Å². The van der Waals surface area contributed by atoms with Gasteiger partial charge in [-0.05, 0) is 51.7 Å². The van der Waals surface area contributed by atoms with Crippen LogP contribution in [0.25, 0.3) is 11.4 Å². The fraction of sp³-hybridized carbons (Fsp3) is 0.450. The first-order valence-electron chi connectivity index (χ1n) is 9.61. The molecule has 1 unspecified atom stereocenters. The molecule has 0 aromatic carbocycles. The maximum atomic E-state index is 13.2. The molecule has 5 rings (SSSR count). The van der Waals surface area contributed by atoms with E-state index >= 15 is 0 Å². The third kappa shape index (κ3) is 2.92. The smallest absolute Gasteiger partial charge is 0.266 e. The highest BCUT2D eigenvalue weighted by molar-refractivity contribution is 7.13. The normalized spacial score (nSPS) is 23.9. The van der Waals surface area contributed by atoms with Crippen molar-refractivity contribution in [2.24, 2.45) is 0 Å². The van der Waals surface area contributed by atoms with E-state index in [9.17, 15) is 4.79 Å². The van der Waals surface area contributed by atoms with Crippen molar-refractivity contribution in [1.29, 1.82) is 0 Å². The molecule has 0 aliphatic carbocycles. The number of carbonyl (C=O) groups excluding carboxylic acids is 1. The maximum Gasteiger partial charge on any atom is 0.266 e. The number of rotatable bonds is 3. The molecule has 0 N–H and O–H groups in total. The number of pyridine rings is 1. The molecule has 3 atom stereocenters. The monoisotopic (exact) mass is 395 g/mol. The van der Waals surface area contributed by atoms with Crippen LogP contribution < -0.4 is 0 Å². The first-order chi connectivity index (χ1) is 13.6. The molecule has 2 aliphatic rings. The van der Waals surface area contributed by atoms with Crippen molar-refractivity contribution in [3.63, 3.8) is 0 Å². The quantitative estimate of drug-likeness (QED) is 0.671. The van der Waals surface area contributed by atoms with E-state index in [0.717, 1.165) is 46.8 Å². The van der Waals surface area contributed by atoms with Gasteiger partial charge in [-0.1, -0.05) is 5.16 Å². The number of amides is 1. The fourth-order valence-electron chi connectivity index (χ4n) is 4.58. The Bertz CT molecular complexity index is 1000. The molecule has 2 aliphatic heterocycles. The third-order valence-corrected chi connectivity index (χ3v) is 6.86. The molecule has 2 bridgehead atoms. The predicted octanol–water partition coefficient (Wildman–Crippen LogP) is 3.76. The Morgan fingerprint density at radius 3 is 2.50 bits per heavy atom. The van der Waals surface area contributed by atoms with Gasteiger partial charge >= 0.3 is 0 Å². The maximum absolute atomic E-state index is 13.2. The van der Waals surface area contributed by atoms with Crippen LogP contribution in [-0.2, 0) is 0 Å². The lowest BCUT2D eigenvalue weighted by Crippen LogP contribution is -2.46. The molecule has 0 spiro atoms. The Morgan fingerprint density at radius 2 is 1.86 bits per heavy atom. The van der Waals surface area contributed by atoms with Gasteiger partial charge in [0.1, 0.15) is 4.88 Å². The molecule has 144 valence electrons. The Labute approximate surface area is 166 Å². The van der Waals surface area contributed by atoms with Crippen molar-refractivity contribution in [2.75, 3.05) is 0 Å². The minimum absolute atomic E-state index is 0.136. The van der Waals surface area contributed by atoms with Crippen LogP contribution in [0.2, 0.25) is 0 Å². The Kier molecular flexibility index (Phi) is 4.23. The molecular weight excluding hydrogens is 374 g/mol. The topological polar surface area (TPSA) is 85.0 Å². The summed E-state index contributed by atoms with van der Waals surface area (Å²) in [5, 5.41) is 5.09. The van der Waals surface area contributed by atoms with Crippen LogP contribution in [-0.4, -0.2) is 43.0 Å². The van der Waals surface area contributed by atoms with E-state index in [0.29, 0.717) is 11.7 Å². The van der Waals surface area contributed by atoms with E-state index in [2.05, 4.69) is 25.0 Å². The van der Waals surface area contributed by atoms with E-state index in [-0.39, 0.29) is 23.9 Å². The van der Waals surface area contributed by atoms with Crippen LogP contribution in [0.4, 0.5) is 0 Å². The largest absolute Gasteiger partial charge is 0.339 e. The zero-order valence-electron chi connectivity index (χ0n) is 15.8. The summed E-state index contributed by atoms with van der Waals surface area (Å²) in [7, 11) is 0. The summed E-state index contributed by atoms with van der Waals surface area (Å²) in [6.07, 6.45) is 7.26. The highest BCUT2D eigenvalue weighted by atomic mass is 32.1. The molecule has 1 amide bonds. The average Bonchev–Trinajstić information content (AvgIpc) is 3.38. The Hall–Kier alpha value is -2.61. The van der Waals surface area contributed by atoms with Crippen LogP contribution in [0.5, 0.6) is 0 Å². The third-order valence-electron chi connectivity index (χ3n) is 5.79. The molecule has 0 radical (unpaired) electrons. The number of hydrogen-bond donors (Lipinski definition) is 0. The molecule has 8 heteroatoms. The minimum atomic E-state index is 0.136. The van der Waals surface area contributed by atoms with Crippen molar-refractivity contribution in [2.45, 2.75) is 57.5 Å². The number of fused-ring (bicyclic) bond motifs is 2. The molecule has 3 aromatic heterocycles. The Morgan fingerprint density at radius 1 is 1.14 bits per heavy atom. The molecule has 7 nitrogen and oxygen atoms in total. The van der Waals surface area contributed by atoms with Crippen molar-refractivity contribution in [3.05, 3.63) is 46.0 Å². The Balaban J connectivity index is 1.35. The summed E-state index contributed by atoms with van der Waals surface area (Å²) in [6.45, 7) is 3.87. The van der Waals surface area contributed by atoms with E-state index < -0.39 is 0 Å². The predicted molar refractivity (Wildman–Crippen MR) is 104 cm³/mol. The minimum Gasteiger partial charge on any atom is -0.339 e. The second kappa shape index (κ2) is 6.77. The van der Waals surface area contributed by atoms with Crippen LogP contribution in [0.15, 0.2) is 29.0 Å². The summed E-state index contributed by atoms with van der Waals surface area (Å²) >= 11 is 1.50. The van der Waals surface area contributed by atoms with Crippen molar-refractivity contribution < 1.29 is 9.32 Å². The second-order valence-corrected chi connectivity index (χ2v) is 8.81. The first kappa shape index (κ1) is 17.5. The zero-order valence-corrected chi connectivity index (χ0v) is 16.6. The highest BCUT2D eigenvalue weighted by Gasteiger charge is 2.45. The van der Waals surface area contributed by atoms with Gasteiger partial charge in [-0.3, -0.25) is 9.78 Å². The summed E-state index contributed by atoms with van der Waals surface area (Å²) in [5.41, 5.74) is 1.74. The lowest BCUT2D eigenvalue weighted by Gasteiger charge is -2.37. The van der Waals surface area contributed by atoms with Gasteiger partial charge in [0.25, 0.3) is 5.91 Å². The molecular formula is C20H21N5O2S. The molecule has 3 aromatic rings. The van der Waals surface area contributed by atoms with Crippen LogP contribution in [0.1, 0.15) is 57.9 Å². The standard InChI is InChI=1S/C20H21N5O2S/c1-11-17(28-12(2)22-11)20(26)25-15-3-4-16(25)10-14(9-15)19-23-18(24-27-19)13-5-7-21-8-6-13/h5-8,14-16H,3-4,9-10H2,1-2H3/t14?,15-,16+. The lowest BCUT2D eigenvalue weighted by atomic mass is 9.90. The average molecular weight is 395 g/mol. The lowest BCUT2D eigenvalue weighted by molar-refractivity contribution is 0.0559. The number of hydrogen-bond acceptors (Lipinski definition) is 7. The summed E-state index contributed by atoms with van der Waals surface area (Å²) < 4.78 is 5.59. The first-order valence-corrected chi connectivity index (χ1v) is 10.4. The van der Waals surface area contributed by atoms with Gasteiger partial charge in [0.05, 0.1) is 10.7 Å². The number of aryl methyl sites for hydroxylation is 2. The summed E-state index contributed by atoms with van der Waals surface area (Å²) in [4.78, 5) is 29.1. The number of nitrogens with zero attached hydrogens (tertiary/aromatic N) is 5. The molecule has 2 fully saturated rings. The van der Waals surface area contributed by atoms with Crippen LogP contribution in [0, 0.1) is 13.8 Å². The van der Waals surface area contributed by atoms with Crippen LogP contribution >= 0.6 is 11.3 Å². The zero-order chi connectivity index (χ0) is 19.3. The van der Waals surface area contributed by atoms with E-state index in [1.165, 1.54) is 11.3 Å². The number of carbonyl (C=O) groups is 1. The molecule has 5 heterocycles. The number of thiazole rings is 1. The summed E-state index contributed by atoms with van der Waals surface area (Å²) in [6, 6.07) is 4.21. The molecule has 2 saturated heterocycles. The van der Waals surface area contributed by atoms with E-state index in [4.69, 9.17) is 4.52 Å². The van der Waals surface area contributed by atoms with Crippen molar-refractivity contribution >= 4 is 17.2 Å². The fourth-order valence-corrected chi connectivity index (χ4v) is 5.44.